The van der Waals surface area contributed by atoms with Gasteiger partial charge >= 0.3 is 0 Å². The van der Waals surface area contributed by atoms with Crippen LogP contribution in [0, 0.1) is 5.92 Å². The molecule has 1 fully saturated rings. The van der Waals surface area contributed by atoms with E-state index in [1.807, 2.05) is 12.3 Å². The van der Waals surface area contributed by atoms with Gasteiger partial charge in [-0.05, 0) is 37.7 Å². The smallest absolute Gasteiger partial charge is 0.252 e. The molecular weight excluding hydrogens is 250 g/mol. The Bertz CT molecular complexity index is 439. The Labute approximate surface area is 121 Å². The van der Waals surface area contributed by atoms with Gasteiger partial charge in [-0.25, -0.2) is 0 Å². The first-order chi connectivity index (χ1) is 9.66. The van der Waals surface area contributed by atoms with E-state index in [1.54, 1.807) is 6.20 Å². The first-order valence-corrected chi connectivity index (χ1v) is 7.65. The van der Waals surface area contributed by atoms with Gasteiger partial charge in [0.1, 0.15) is 0 Å². The van der Waals surface area contributed by atoms with E-state index in [0.29, 0.717) is 11.5 Å². The van der Waals surface area contributed by atoms with Crippen LogP contribution in [-0.2, 0) is 0 Å². The molecule has 4 nitrogen and oxygen atoms in total. The van der Waals surface area contributed by atoms with Crippen LogP contribution < -0.4 is 10.2 Å². The monoisotopic (exact) mass is 275 g/mol. The highest BCUT2D eigenvalue weighted by Crippen LogP contribution is 2.19. The lowest BCUT2D eigenvalue weighted by atomic mass is 10.1. The van der Waals surface area contributed by atoms with Crippen LogP contribution in [0.4, 0.5) is 5.69 Å². The van der Waals surface area contributed by atoms with Gasteiger partial charge in [0.15, 0.2) is 0 Å². The van der Waals surface area contributed by atoms with Crippen molar-refractivity contribution in [3.05, 3.63) is 24.0 Å². The number of rotatable bonds is 5. The molecule has 110 valence electrons. The maximum atomic E-state index is 12.1. The van der Waals surface area contributed by atoms with Crippen molar-refractivity contribution in [3.8, 4) is 0 Å². The number of pyridine rings is 1. The molecule has 1 amide bonds. The third-order valence-corrected chi connectivity index (χ3v) is 3.71. The summed E-state index contributed by atoms with van der Waals surface area (Å²) in [6, 6.07) is 1.96. The van der Waals surface area contributed by atoms with E-state index in [-0.39, 0.29) is 5.91 Å². The van der Waals surface area contributed by atoms with Crippen LogP contribution in [0.1, 0.15) is 49.9 Å². The lowest BCUT2D eigenvalue weighted by Gasteiger charge is -2.28. The van der Waals surface area contributed by atoms with Crippen molar-refractivity contribution in [2.45, 2.75) is 39.5 Å². The lowest BCUT2D eigenvalue weighted by molar-refractivity contribution is 0.0951. The molecule has 0 atom stereocenters. The fourth-order valence-electron chi connectivity index (χ4n) is 2.45. The predicted molar refractivity (Wildman–Crippen MR) is 82.1 cm³/mol. The Balaban J connectivity index is 1.96. The highest BCUT2D eigenvalue weighted by molar-refractivity contribution is 5.94. The maximum absolute atomic E-state index is 12.1. The van der Waals surface area contributed by atoms with E-state index in [9.17, 15) is 4.79 Å². The molecule has 2 rings (SSSR count). The van der Waals surface area contributed by atoms with E-state index >= 15 is 0 Å². The van der Waals surface area contributed by atoms with Gasteiger partial charge in [0, 0.05) is 25.8 Å². The van der Waals surface area contributed by atoms with Gasteiger partial charge in [0.2, 0.25) is 0 Å². The SMILES string of the molecule is CC(C)CCNC(=O)c1cncc(N2CCCCC2)c1. The second-order valence-electron chi connectivity index (χ2n) is 5.92. The highest BCUT2D eigenvalue weighted by Gasteiger charge is 2.13. The number of amides is 1. The average molecular weight is 275 g/mol. The molecule has 0 bridgehead atoms. The summed E-state index contributed by atoms with van der Waals surface area (Å²) in [4.78, 5) is 18.6. The van der Waals surface area contributed by atoms with Crippen LogP contribution in [0.3, 0.4) is 0 Å². The second-order valence-corrected chi connectivity index (χ2v) is 5.92. The Morgan fingerprint density at radius 3 is 2.75 bits per heavy atom. The minimum atomic E-state index is -0.0167. The minimum absolute atomic E-state index is 0.0167. The molecule has 1 aromatic heterocycles. The van der Waals surface area contributed by atoms with Crippen LogP contribution in [-0.4, -0.2) is 30.5 Å². The summed E-state index contributed by atoms with van der Waals surface area (Å²) in [5, 5.41) is 2.96. The largest absolute Gasteiger partial charge is 0.370 e. The molecule has 0 radical (unpaired) electrons. The van der Waals surface area contributed by atoms with E-state index in [2.05, 4.69) is 29.0 Å². The molecule has 0 aliphatic carbocycles. The molecule has 1 N–H and O–H groups in total. The summed E-state index contributed by atoms with van der Waals surface area (Å²) in [7, 11) is 0. The molecule has 0 unspecified atom stereocenters. The zero-order valence-electron chi connectivity index (χ0n) is 12.6. The summed E-state index contributed by atoms with van der Waals surface area (Å²) in [6.45, 7) is 7.18. The normalized spacial score (nSPS) is 15.4. The van der Waals surface area contributed by atoms with Gasteiger partial charge in [-0.15, -0.1) is 0 Å². The molecule has 0 spiro atoms. The maximum Gasteiger partial charge on any atom is 0.252 e. The van der Waals surface area contributed by atoms with Crippen molar-refractivity contribution in [1.82, 2.24) is 10.3 Å². The number of nitrogens with one attached hydrogen (secondary N) is 1. The fourth-order valence-corrected chi connectivity index (χ4v) is 2.45. The Kier molecular flexibility index (Phi) is 5.39. The Hall–Kier alpha value is -1.58. The summed E-state index contributed by atoms with van der Waals surface area (Å²) >= 11 is 0. The molecule has 1 saturated heterocycles. The first kappa shape index (κ1) is 14.8. The highest BCUT2D eigenvalue weighted by atomic mass is 16.1. The summed E-state index contributed by atoms with van der Waals surface area (Å²) in [5.41, 5.74) is 1.73. The number of hydrogen-bond donors (Lipinski definition) is 1. The summed E-state index contributed by atoms with van der Waals surface area (Å²) in [5.74, 6) is 0.588. The fraction of sp³-hybridized carbons (Fsp3) is 0.625. The van der Waals surface area contributed by atoms with E-state index in [4.69, 9.17) is 0 Å². The number of nitrogens with zero attached hydrogens (tertiary/aromatic N) is 2. The number of piperidine rings is 1. The standard InChI is InChI=1S/C16H25N3O/c1-13(2)6-7-18-16(20)14-10-15(12-17-11-14)19-8-4-3-5-9-19/h10-13H,3-9H2,1-2H3,(H,18,20). The summed E-state index contributed by atoms with van der Waals surface area (Å²) < 4.78 is 0. The summed E-state index contributed by atoms with van der Waals surface area (Å²) in [6.07, 6.45) is 8.27. The van der Waals surface area contributed by atoms with Crippen molar-refractivity contribution in [2.75, 3.05) is 24.5 Å². The van der Waals surface area contributed by atoms with Crippen LogP contribution in [0.2, 0.25) is 0 Å². The lowest BCUT2D eigenvalue weighted by Crippen LogP contribution is -2.30. The van der Waals surface area contributed by atoms with Crippen molar-refractivity contribution >= 4 is 11.6 Å². The van der Waals surface area contributed by atoms with Crippen LogP contribution in [0.15, 0.2) is 18.5 Å². The van der Waals surface area contributed by atoms with Gasteiger partial charge in [0.25, 0.3) is 5.91 Å². The third kappa shape index (κ3) is 4.22. The second kappa shape index (κ2) is 7.27. The topological polar surface area (TPSA) is 45.2 Å². The number of carbonyl (C=O) groups is 1. The zero-order chi connectivity index (χ0) is 14.4. The molecule has 0 aromatic carbocycles. The minimum Gasteiger partial charge on any atom is -0.370 e. The molecule has 4 heteroatoms. The average Bonchev–Trinajstić information content (AvgIpc) is 2.48. The third-order valence-electron chi connectivity index (χ3n) is 3.71. The van der Waals surface area contributed by atoms with Crippen LogP contribution in [0.5, 0.6) is 0 Å². The molecule has 1 aliphatic rings. The molecular formula is C16H25N3O. The number of hydrogen-bond acceptors (Lipinski definition) is 3. The number of carbonyl (C=O) groups excluding carboxylic acids is 1. The Morgan fingerprint density at radius 1 is 1.30 bits per heavy atom. The van der Waals surface area contributed by atoms with E-state index in [0.717, 1.165) is 31.7 Å². The number of anilines is 1. The van der Waals surface area contributed by atoms with Gasteiger partial charge in [-0.1, -0.05) is 13.8 Å². The quantitative estimate of drug-likeness (QED) is 0.898. The predicted octanol–water partition coefficient (Wildman–Crippen LogP) is 2.85. The van der Waals surface area contributed by atoms with Gasteiger partial charge in [-0.2, -0.15) is 0 Å². The number of aromatic nitrogens is 1. The van der Waals surface area contributed by atoms with Crippen LogP contribution >= 0.6 is 0 Å². The van der Waals surface area contributed by atoms with Crippen molar-refractivity contribution in [3.63, 3.8) is 0 Å². The van der Waals surface area contributed by atoms with Crippen molar-refractivity contribution < 1.29 is 4.79 Å². The molecule has 1 aliphatic heterocycles. The molecule has 1 aromatic rings. The van der Waals surface area contributed by atoms with Crippen molar-refractivity contribution in [1.29, 1.82) is 0 Å². The van der Waals surface area contributed by atoms with Gasteiger partial charge < -0.3 is 10.2 Å². The van der Waals surface area contributed by atoms with Gasteiger partial charge in [-0.3, -0.25) is 9.78 Å². The molecule has 0 saturated carbocycles. The van der Waals surface area contributed by atoms with E-state index < -0.39 is 0 Å². The van der Waals surface area contributed by atoms with Crippen LogP contribution in [0.25, 0.3) is 0 Å². The zero-order valence-corrected chi connectivity index (χ0v) is 12.6. The van der Waals surface area contributed by atoms with E-state index in [1.165, 1.54) is 19.3 Å². The molecule has 2 heterocycles. The first-order valence-electron chi connectivity index (χ1n) is 7.65. The van der Waals surface area contributed by atoms with Gasteiger partial charge in [0.05, 0.1) is 17.4 Å². The molecule has 20 heavy (non-hydrogen) atoms. The Morgan fingerprint density at radius 2 is 2.05 bits per heavy atom. The van der Waals surface area contributed by atoms with Crippen molar-refractivity contribution in [2.24, 2.45) is 5.92 Å².